The summed E-state index contributed by atoms with van der Waals surface area (Å²) in [6.45, 7) is 5.67. The molecule has 0 radical (unpaired) electrons. The second-order valence-electron chi connectivity index (χ2n) is 4.63. The minimum Gasteiger partial charge on any atom is -0.314 e. The Labute approximate surface area is 96.9 Å². The van der Waals surface area contributed by atoms with E-state index < -0.39 is 0 Å². The van der Waals surface area contributed by atoms with Crippen molar-refractivity contribution in [1.82, 2.24) is 5.32 Å². The molecule has 2 rings (SSSR count). The predicted octanol–water partition coefficient (Wildman–Crippen LogP) is 3.69. The molecule has 1 aliphatic carbocycles. The van der Waals surface area contributed by atoms with E-state index in [9.17, 15) is 0 Å². The molecule has 1 aliphatic rings. The highest BCUT2D eigenvalue weighted by atomic mass is 32.1. The zero-order valence-corrected chi connectivity index (χ0v) is 10.6. The van der Waals surface area contributed by atoms with Gasteiger partial charge in [-0.2, -0.15) is 0 Å². The smallest absolute Gasteiger partial charge is 0.0106 e. The van der Waals surface area contributed by atoms with Gasteiger partial charge in [-0.25, -0.2) is 0 Å². The second kappa shape index (κ2) is 5.13. The molecule has 1 heterocycles. The molecular weight excluding hydrogens is 202 g/mol. The summed E-state index contributed by atoms with van der Waals surface area (Å²) in [5, 5.41) is 5.88. The fourth-order valence-corrected chi connectivity index (χ4v) is 3.64. The normalized spacial score (nSPS) is 26.0. The van der Waals surface area contributed by atoms with E-state index in [1.54, 1.807) is 4.88 Å². The van der Waals surface area contributed by atoms with Gasteiger partial charge >= 0.3 is 0 Å². The van der Waals surface area contributed by atoms with E-state index in [0.717, 1.165) is 12.0 Å². The van der Waals surface area contributed by atoms with Gasteiger partial charge in [-0.1, -0.05) is 6.92 Å². The van der Waals surface area contributed by atoms with E-state index in [1.165, 1.54) is 37.8 Å². The van der Waals surface area contributed by atoms with Crippen molar-refractivity contribution in [2.45, 2.75) is 51.5 Å². The molecule has 84 valence electrons. The first kappa shape index (κ1) is 11.2. The summed E-state index contributed by atoms with van der Waals surface area (Å²) in [6, 6.07) is 3.03. The van der Waals surface area contributed by atoms with Gasteiger partial charge in [0.15, 0.2) is 0 Å². The van der Waals surface area contributed by atoms with E-state index >= 15 is 0 Å². The molecule has 1 N–H and O–H groups in total. The zero-order valence-electron chi connectivity index (χ0n) is 9.75. The van der Waals surface area contributed by atoms with Gasteiger partial charge in [-0.3, -0.25) is 0 Å². The van der Waals surface area contributed by atoms with Crippen LogP contribution in [0.3, 0.4) is 0 Å². The predicted molar refractivity (Wildman–Crippen MR) is 67.7 cm³/mol. The Bertz CT molecular complexity index is 305. The number of hydrogen-bond acceptors (Lipinski definition) is 2. The Morgan fingerprint density at radius 1 is 1.47 bits per heavy atom. The van der Waals surface area contributed by atoms with Gasteiger partial charge in [0.2, 0.25) is 0 Å². The summed E-state index contributed by atoms with van der Waals surface area (Å²) in [7, 11) is 0. The van der Waals surface area contributed by atoms with Gasteiger partial charge in [-0.15, -0.1) is 11.3 Å². The maximum absolute atomic E-state index is 3.65. The SMILES string of the molecule is CCCNC1CCC(c2sccc2C)C1. The highest BCUT2D eigenvalue weighted by Gasteiger charge is 2.26. The summed E-state index contributed by atoms with van der Waals surface area (Å²) in [6.07, 6.45) is 5.34. The third-order valence-corrected chi connectivity index (χ3v) is 4.57. The van der Waals surface area contributed by atoms with Crippen LogP contribution in [0, 0.1) is 6.92 Å². The van der Waals surface area contributed by atoms with E-state index in [4.69, 9.17) is 0 Å². The zero-order chi connectivity index (χ0) is 10.7. The average molecular weight is 223 g/mol. The minimum absolute atomic E-state index is 0.774. The highest BCUT2D eigenvalue weighted by Crippen LogP contribution is 2.38. The van der Waals surface area contributed by atoms with E-state index in [2.05, 4.69) is 30.6 Å². The van der Waals surface area contributed by atoms with Gasteiger partial charge < -0.3 is 5.32 Å². The highest BCUT2D eigenvalue weighted by molar-refractivity contribution is 7.10. The Balaban J connectivity index is 1.90. The van der Waals surface area contributed by atoms with Crippen LogP contribution in [0.5, 0.6) is 0 Å². The Morgan fingerprint density at radius 2 is 2.33 bits per heavy atom. The first-order chi connectivity index (χ1) is 7.31. The van der Waals surface area contributed by atoms with Crippen molar-refractivity contribution in [2.75, 3.05) is 6.54 Å². The molecule has 1 fully saturated rings. The van der Waals surface area contributed by atoms with E-state index in [1.807, 2.05) is 11.3 Å². The standard InChI is InChI=1S/C13H21NS/c1-3-7-14-12-5-4-11(9-12)13-10(2)6-8-15-13/h6,8,11-12,14H,3-5,7,9H2,1-2H3. The molecule has 0 aliphatic heterocycles. The minimum atomic E-state index is 0.774. The maximum atomic E-state index is 3.65. The lowest BCUT2D eigenvalue weighted by Crippen LogP contribution is -2.26. The molecule has 15 heavy (non-hydrogen) atoms. The molecule has 1 aromatic heterocycles. The van der Waals surface area contributed by atoms with Crippen molar-refractivity contribution in [3.63, 3.8) is 0 Å². The Kier molecular flexibility index (Phi) is 3.81. The van der Waals surface area contributed by atoms with Gasteiger partial charge in [0, 0.05) is 10.9 Å². The molecule has 2 heteroatoms. The van der Waals surface area contributed by atoms with E-state index in [-0.39, 0.29) is 0 Å². The molecule has 1 nitrogen and oxygen atoms in total. The molecule has 0 amide bonds. The van der Waals surface area contributed by atoms with Gasteiger partial charge in [0.1, 0.15) is 0 Å². The third-order valence-electron chi connectivity index (χ3n) is 3.39. The van der Waals surface area contributed by atoms with Gasteiger partial charge in [0.05, 0.1) is 0 Å². The fraction of sp³-hybridized carbons (Fsp3) is 0.692. The summed E-state index contributed by atoms with van der Waals surface area (Å²) in [5.74, 6) is 0.833. The number of rotatable bonds is 4. The van der Waals surface area contributed by atoms with Crippen molar-refractivity contribution in [2.24, 2.45) is 0 Å². The van der Waals surface area contributed by atoms with Gasteiger partial charge in [0.25, 0.3) is 0 Å². The van der Waals surface area contributed by atoms with Crippen LogP contribution in [0.2, 0.25) is 0 Å². The van der Waals surface area contributed by atoms with Crippen molar-refractivity contribution in [1.29, 1.82) is 0 Å². The average Bonchev–Trinajstić information content (AvgIpc) is 2.83. The van der Waals surface area contributed by atoms with E-state index in [0.29, 0.717) is 0 Å². The van der Waals surface area contributed by atoms with Crippen LogP contribution in [-0.4, -0.2) is 12.6 Å². The fourth-order valence-electron chi connectivity index (χ4n) is 2.56. The molecule has 1 saturated carbocycles. The summed E-state index contributed by atoms with van der Waals surface area (Å²) in [5.41, 5.74) is 1.50. The molecule has 0 spiro atoms. The van der Waals surface area contributed by atoms with Gasteiger partial charge in [-0.05, 0) is 62.1 Å². The second-order valence-corrected chi connectivity index (χ2v) is 5.58. The van der Waals surface area contributed by atoms with Crippen molar-refractivity contribution in [3.05, 3.63) is 21.9 Å². The van der Waals surface area contributed by atoms with Crippen LogP contribution >= 0.6 is 11.3 Å². The van der Waals surface area contributed by atoms with Crippen LogP contribution in [-0.2, 0) is 0 Å². The van der Waals surface area contributed by atoms with Crippen molar-refractivity contribution < 1.29 is 0 Å². The maximum Gasteiger partial charge on any atom is 0.0106 e. The summed E-state index contributed by atoms with van der Waals surface area (Å²) in [4.78, 5) is 1.63. The van der Waals surface area contributed by atoms with Crippen LogP contribution in [0.25, 0.3) is 0 Å². The molecule has 0 saturated heterocycles. The Hall–Kier alpha value is -0.340. The molecule has 1 aromatic rings. The molecule has 2 atom stereocenters. The monoisotopic (exact) mass is 223 g/mol. The van der Waals surface area contributed by atoms with Crippen molar-refractivity contribution in [3.8, 4) is 0 Å². The van der Waals surface area contributed by atoms with Crippen LogP contribution in [0.1, 0.15) is 49.0 Å². The molecular formula is C13H21NS. The number of hydrogen-bond donors (Lipinski definition) is 1. The van der Waals surface area contributed by atoms with Crippen molar-refractivity contribution >= 4 is 11.3 Å². The largest absolute Gasteiger partial charge is 0.314 e. The lowest BCUT2D eigenvalue weighted by atomic mass is 10.0. The van der Waals surface area contributed by atoms with Crippen LogP contribution in [0.4, 0.5) is 0 Å². The number of thiophene rings is 1. The number of aryl methyl sites for hydroxylation is 1. The third kappa shape index (κ3) is 2.61. The number of nitrogens with one attached hydrogen (secondary N) is 1. The topological polar surface area (TPSA) is 12.0 Å². The Morgan fingerprint density at radius 3 is 3.00 bits per heavy atom. The quantitative estimate of drug-likeness (QED) is 0.821. The lowest BCUT2D eigenvalue weighted by Gasteiger charge is -2.12. The summed E-state index contributed by atoms with van der Waals surface area (Å²) >= 11 is 1.94. The summed E-state index contributed by atoms with van der Waals surface area (Å²) < 4.78 is 0. The molecule has 2 unspecified atom stereocenters. The first-order valence-corrected chi connectivity index (χ1v) is 6.96. The van der Waals surface area contributed by atoms with Crippen LogP contribution < -0.4 is 5.32 Å². The van der Waals surface area contributed by atoms with Crippen LogP contribution in [0.15, 0.2) is 11.4 Å². The molecule has 0 bridgehead atoms. The lowest BCUT2D eigenvalue weighted by molar-refractivity contribution is 0.517. The first-order valence-electron chi connectivity index (χ1n) is 6.08. The molecule has 0 aromatic carbocycles.